The van der Waals surface area contributed by atoms with Gasteiger partial charge in [-0.1, -0.05) is 36.4 Å². The van der Waals surface area contributed by atoms with E-state index < -0.39 is 0 Å². The number of aromatic nitrogens is 3. The van der Waals surface area contributed by atoms with E-state index in [1.54, 1.807) is 24.7 Å². The highest BCUT2D eigenvalue weighted by molar-refractivity contribution is 5.92. The lowest BCUT2D eigenvalue weighted by molar-refractivity contribution is -0.126. The van der Waals surface area contributed by atoms with Crippen molar-refractivity contribution in [2.45, 2.75) is 25.8 Å². The number of amides is 1. The average molecular weight is 385 g/mol. The standard InChI is InChI=1S/C23H23N5O/c1-17-7-5-13-25-22(17)27-23-21(24-14-15-26-23)19-10-6-16-28(19)20(29)12-11-18-8-3-2-4-9-18/h2-5,7-9,11-15,19H,6,10,16H2,1H3,(H,25,26,27)/b12-11+/t19-/m0/s1. The summed E-state index contributed by atoms with van der Waals surface area (Å²) < 4.78 is 0. The first-order valence-corrected chi connectivity index (χ1v) is 9.75. The van der Waals surface area contributed by atoms with Crippen molar-refractivity contribution in [2.24, 2.45) is 0 Å². The zero-order chi connectivity index (χ0) is 20.1. The van der Waals surface area contributed by atoms with Gasteiger partial charge in [-0.15, -0.1) is 0 Å². The summed E-state index contributed by atoms with van der Waals surface area (Å²) in [4.78, 5) is 28.2. The van der Waals surface area contributed by atoms with Crippen LogP contribution in [0.15, 0.2) is 67.1 Å². The van der Waals surface area contributed by atoms with Crippen LogP contribution in [0.3, 0.4) is 0 Å². The fourth-order valence-electron chi connectivity index (χ4n) is 3.56. The Kier molecular flexibility index (Phi) is 5.61. The van der Waals surface area contributed by atoms with Crippen molar-refractivity contribution >= 4 is 23.6 Å². The van der Waals surface area contributed by atoms with Crippen molar-refractivity contribution < 1.29 is 4.79 Å². The van der Waals surface area contributed by atoms with Gasteiger partial charge >= 0.3 is 0 Å². The first kappa shape index (κ1) is 18.8. The molecule has 1 aliphatic rings. The van der Waals surface area contributed by atoms with E-state index in [-0.39, 0.29) is 11.9 Å². The van der Waals surface area contributed by atoms with Crippen LogP contribution < -0.4 is 5.32 Å². The molecule has 0 bridgehead atoms. The minimum Gasteiger partial charge on any atom is -0.330 e. The zero-order valence-corrected chi connectivity index (χ0v) is 16.3. The van der Waals surface area contributed by atoms with Gasteiger partial charge < -0.3 is 10.2 Å². The van der Waals surface area contributed by atoms with Crippen molar-refractivity contribution in [3.8, 4) is 0 Å². The van der Waals surface area contributed by atoms with Gasteiger partial charge in [0.25, 0.3) is 0 Å². The number of carbonyl (C=O) groups excluding carboxylic acids is 1. The number of rotatable bonds is 5. The second kappa shape index (κ2) is 8.65. The summed E-state index contributed by atoms with van der Waals surface area (Å²) in [5, 5.41) is 3.29. The van der Waals surface area contributed by atoms with E-state index in [4.69, 9.17) is 0 Å². The van der Waals surface area contributed by atoms with Gasteiger partial charge in [0.15, 0.2) is 5.82 Å². The summed E-state index contributed by atoms with van der Waals surface area (Å²) >= 11 is 0. The Labute approximate surface area is 170 Å². The molecule has 0 unspecified atom stereocenters. The van der Waals surface area contributed by atoms with E-state index in [2.05, 4.69) is 20.3 Å². The molecule has 1 aromatic carbocycles. The predicted molar refractivity (Wildman–Crippen MR) is 113 cm³/mol. The molecule has 3 aromatic rings. The highest BCUT2D eigenvalue weighted by atomic mass is 16.2. The molecule has 4 rings (SSSR count). The number of aryl methyl sites for hydroxylation is 1. The molecule has 0 saturated carbocycles. The number of nitrogens with one attached hydrogen (secondary N) is 1. The average Bonchev–Trinajstić information content (AvgIpc) is 3.25. The quantitative estimate of drug-likeness (QED) is 0.663. The molecule has 146 valence electrons. The SMILES string of the molecule is Cc1cccnc1Nc1nccnc1[C@@H]1CCCN1C(=O)/C=C/c1ccccc1. The van der Waals surface area contributed by atoms with E-state index in [0.29, 0.717) is 12.4 Å². The molecule has 6 heteroatoms. The van der Waals surface area contributed by atoms with Crippen LogP contribution in [0.5, 0.6) is 0 Å². The first-order chi connectivity index (χ1) is 14.2. The lowest BCUT2D eigenvalue weighted by atomic mass is 10.1. The van der Waals surface area contributed by atoms with Crippen LogP contribution in [-0.4, -0.2) is 32.3 Å². The van der Waals surface area contributed by atoms with Crippen molar-refractivity contribution in [2.75, 3.05) is 11.9 Å². The van der Waals surface area contributed by atoms with E-state index in [1.807, 2.05) is 60.4 Å². The third-order valence-corrected chi connectivity index (χ3v) is 5.04. The predicted octanol–water partition coefficient (Wildman–Crippen LogP) is 4.30. The molecule has 1 N–H and O–H groups in total. The Morgan fingerprint density at radius 2 is 1.83 bits per heavy atom. The van der Waals surface area contributed by atoms with Gasteiger partial charge in [-0.3, -0.25) is 9.78 Å². The number of anilines is 2. The van der Waals surface area contributed by atoms with Crippen molar-refractivity contribution in [3.05, 3.63) is 84.0 Å². The molecule has 3 heterocycles. The van der Waals surface area contributed by atoms with E-state index in [0.717, 1.165) is 35.5 Å². The Morgan fingerprint density at radius 1 is 1.03 bits per heavy atom. The summed E-state index contributed by atoms with van der Waals surface area (Å²) in [5.41, 5.74) is 2.80. The van der Waals surface area contributed by atoms with Crippen molar-refractivity contribution in [1.82, 2.24) is 19.9 Å². The molecule has 1 amide bonds. The van der Waals surface area contributed by atoms with Gasteiger partial charge in [0.2, 0.25) is 5.91 Å². The maximum atomic E-state index is 12.9. The molecule has 1 saturated heterocycles. The van der Waals surface area contributed by atoms with E-state index in [9.17, 15) is 4.79 Å². The Hall–Kier alpha value is -3.54. The number of nitrogens with zero attached hydrogens (tertiary/aromatic N) is 4. The van der Waals surface area contributed by atoms with Crippen molar-refractivity contribution in [3.63, 3.8) is 0 Å². The molecule has 29 heavy (non-hydrogen) atoms. The smallest absolute Gasteiger partial charge is 0.247 e. The highest BCUT2D eigenvalue weighted by Crippen LogP contribution is 2.35. The van der Waals surface area contributed by atoms with E-state index >= 15 is 0 Å². The van der Waals surface area contributed by atoms with E-state index in [1.165, 1.54) is 0 Å². The molecule has 2 aromatic heterocycles. The van der Waals surface area contributed by atoms with Gasteiger partial charge in [0.1, 0.15) is 11.5 Å². The monoisotopic (exact) mass is 385 g/mol. The molecule has 0 aliphatic carbocycles. The van der Waals surface area contributed by atoms with Gasteiger partial charge in [-0.25, -0.2) is 9.97 Å². The molecule has 1 aliphatic heterocycles. The molecular formula is C23H23N5O. The summed E-state index contributed by atoms with van der Waals surface area (Å²) in [6, 6.07) is 13.6. The van der Waals surface area contributed by atoms with Gasteiger partial charge in [-0.2, -0.15) is 0 Å². The number of pyridine rings is 1. The molecule has 6 nitrogen and oxygen atoms in total. The third kappa shape index (κ3) is 4.32. The zero-order valence-electron chi connectivity index (χ0n) is 16.3. The fraction of sp³-hybridized carbons (Fsp3) is 0.217. The van der Waals surface area contributed by atoms with Crippen LogP contribution in [0.4, 0.5) is 11.6 Å². The van der Waals surface area contributed by atoms with Gasteiger partial charge in [-0.05, 0) is 43.0 Å². The second-order valence-corrected chi connectivity index (χ2v) is 7.02. The van der Waals surface area contributed by atoms with Crippen molar-refractivity contribution in [1.29, 1.82) is 0 Å². The second-order valence-electron chi connectivity index (χ2n) is 7.02. The Bertz CT molecular complexity index is 1020. The molecular weight excluding hydrogens is 362 g/mol. The topological polar surface area (TPSA) is 71.0 Å². The Morgan fingerprint density at radius 3 is 2.66 bits per heavy atom. The van der Waals surface area contributed by atoms with Crippen LogP contribution >= 0.6 is 0 Å². The van der Waals surface area contributed by atoms with Crippen LogP contribution in [0.2, 0.25) is 0 Å². The third-order valence-electron chi connectivity index (χ3n) is 5.04. The number of likely N-dealkylation sites (tertiary alicyclic amines) is 1. The lowest BCUT2D eigenvalue weighted by Gasteiger charge is -2.24. The summed E-state index contributed by atoms with van der Waals surface area (Å²) in [6.45, 7) is 2.70. The number of hydrogen-bond acceptors (Lipinski definition) is 5. The van der Waals surface area contributed by atoms with Crippen LogP contribution in [0.1, 0.15) is 35.7 Å². The van der Waals surface area contributed by atoms with Crippen LogP contribution in [0, 0.1) is 6.92 Å². The fourth-order valence-corrected chi connectivity index (χ4v) is 3.56. The Balaban J connectivity index is 1.57. The normalized spacial score (nSPS) is 16.3. The first-order valence-electron chi connectivity index (χ1n) is 9.75. The van der Waals surface area contributed by atoms with Gasteiger partial charge in [0.05, 0.1) is 6.04 Å². The number of benzene rings is 1. The minimum atomic E-state index is -0.108. The minimum absolute atomic E-state index is 0.0121. The lowest BCUT2D eigenvalue weighted by Crippen LogP contribution is -2.30. The number of hydrogen-bond donors (Lipinski definition) is 1. The van der Waals surface area contributed by atoms with Crippen LogP contribution in [-0.2, 0) is 4.79 Å². The van der Waals surface area contributed by atoms with Crippen LogP contribution in [0.25, 0.3) is 6.08 Å². The molecule has 0 spiro atoms. The summed E-state index contributed by atoms with van der Waals surface area (Å²) in [7, 11) is 0. The maximum absolute atomic E-state index is 12.9. The molecule has 0 radical (unpaired) electrons. The number of carbonyl (C=O) groups is 1. The highest BCUT2D eigenvalue weighted by Gasteiger charge is 2.32. The largest absolute Gasteiger partial charge is 0.330 e. The molecule has 1 fully saturated rings. The molecule has 1 atom stereocenters. The van der Waals surface area contributed by atoms with Gasteiger partial charge in [0, 0.05) is 31.2 Å². The summed E-state index contributed by atoms with van der Waals surface area (Å²) in [5.74, 6) is 1.38. The maximum Gasteiger partial charge on any atom is 0.247 e. The summed E-state index contributed by atoms with van der Waals surface area (Å²) in [6.07, 6.45) is 10.4.